The number of nitrogens with zero attached hydrogens (tertiary/aromatic N) is 1. The van der Waals surface area contributed by atoms with Crippen molar-refractivity contribution in [3.05, 3.63) is 64.2 Å². The van der Waals surface area contributed by atoms with Crippen LogP contribution in [0.5, 0.6) is 5.75 Å². The van der Waals surface area contributed by atoms with E-state index in [0.717, 1.165) is 16.9 Å². The summed E-state index contributed by atoms with van der Waals surface area (Å²) in [6.45, 7) is 0.714. The van der Waals surface area contributed by atoms with Gasteiger partial charge in [0.1, 0.15) is 12.4 Å². The Kier molecular flexibility index (Phi) is 5.47. The first-order chi connectivity index (χ1) is 12.4. The zero-order valence-electron chi connectivity index (χ0n) is 14.8. The van der Waals surface area contributed by atoms with E-state index < -0.39 is 0 Å². The number of carbonyl (C=O) groups is 2. The molecule has 5 nitrogen and oxygen atoms in total. The van der Waals surface area contributed by atoms with Gasteiger partial charge in [0.15, 0.2) is 0 Å². The van der Waals surface area contributed by atoms with Crippen molar-refractivity contribution in [2.75, 3.05) is 20.7 Å². The summed E-state index contributed by atoms with van der Waals surface area (Å²) >= 11 is 6.02. The number of hydrogen-bond donors (Lipinski definition) is 1. The molecule has 1 heterocycles. The fourth-order valence-electron chi connectivity index (χ4n) is 2.94. The minimum atomic E-state index is -0.257. The molecule has 0 fully saturated rings. The standard InChI is InChI=1S/C20H21ClN2O3/c1-23(2)20(25)14-5-3-4-13(8-14)11-22-19(24)16-9-15-10-17(21)6-7-18(15)26-12-16/h3-8,10,16H,9,11-12H2,1-2H3,(H,22,24). The van der Waals surface area contributed by atoms with Gasteiger partial charge in [-0.1, -0.05) is 23.7 Å². The molecule has 0 radical (unpaired) electrons. The van der Waals surface area contributed by atoms with Crippen LogP contribution >= 0.6 is 11.6 Å². The van der Waals surface area contributed by atoms with E-state index in [1.165, 1.54) is 4.90 Å². The number of benzene rings is 2. The Bertz CT molecular complexity index is 836. The maximum absolute atomic E-state index is 12.5. The molecule has 1 aliphatic heterocycles. The molecule has 0 saturated carbocycles. The molecule has 2 aromatic rings. The lowest BCUT2D eigenvalue weighted by atomic mass is 9.96. The minimum Gasteiger partial charge on any atom is -0.492 e. The third-order valence-corrected chi connectivity index (χ3v) is 4.58. The molecule has 1 atom stereocenters. The molecule has 0 aliphatic carbocycles. The lowest BCUT2D eigenvalue weighted by Gasteiger charge is -2.24. The van der Waals surface area contributed by atoms with Gasteiger partial charge in [-0.2, -0.15) is 0 Å². The maximum Gasteiger partial charge on any atom is 0.253 e. The lowest BCUT2D eigenvalue weighted by molar-refractivity contribution is -0.126. The number of nitrogens with one attached hydrogen (secondary N) is 1. The number of ether oxygens (including phenoxy) is 1. The highest BCUT2D eigenvalue weighted by Crippen LogP contribution is 2.29. The van der Waals surface area contributed by atoms with E-state index in [2.05, 4.69) is 5.32 Å². The van der Waals surface area contributed by atoms with Gasteiger partial charge in [-0.05, 0) is 47.9 Å². The number of fused-ring (bicyclic) bond motifs is 1. The fraction of sp³-hybridized carbons (Fsp3) is 0.300. The van der Waals surface area contributed by atoms with E-state index in [0.29, 0.717) is 30.2 Å². The molecule has 0 bridgehead atoms. The Labute approximate surface area is 157 Å². The highest BCUT2D eigenvalue weighted by molar-refractivity contribution is 6.30. The Hall–Kier alpha value is -2.53. The zero-order chi connectivity index (χ0) is 18.7. The number of rotatable bonds is 4. The summed E-state index contributed by atoms with van der Waals surface area (Å²) in [6, 6.07) is 12.7. The topological polar surface area (TPSA) is 58.6 Å². The van der Waals surface area contributed by atoms with Crippen molar-refractivity contribution in [3.63, 3.8) is 0 Å². The van der Waals surface area contributed by atoms with Crippen LogP contribution in [0.1, 0.15) is 21.5 Å². The first-order valence-electron chi connectivity index (χ1n) is 8.43. The van der Waals surface area contributed by atoms with Crippen LogP contribution < -0.4 is 10.1 Å². The highest BCUT2D eigenvalue weighted by Gasteiger charge is 2.26. The summed E-state index contributed by atoms with van der Waals surface area (Å²) in [5.41, 5.74) is 2.43. The average molecular weight is 373 g/mol. The van der Waals surface area contributed by atoms with E-state index in [9.17, 15) is 9.59 Å². The smallest absolute Gasteiger partial charge is 0.253 e. The monoisotopic (exact) mass is 372 g/mol. The van der Waals surface area contributed by atoms with Crippen LogP contribution in [-0.4, -0.2) is 37.4 Å². The Balaban J connectivity index is 1.61. The quantitative estimate of drug-likeness (QED) is 0.897. The molecule has 1 N–H and O–H groups in total. The normalized spacial score (nSPS) is 15.6. The number of amides is 2. The predicted molar refractivity (Wildman–Crippen MR) is 100 cm³/mol. The van der Waals surface area contributed by atoms with Gasteiger partial charge in [0.2, 0.25) is 5.91 Å². The summed E-state index contributed by atoms with van der Waals surface area (Å²) in [5.74, 6) is 0.396. The van der Waals surface area contributed by atoms with Crippen molar-refractivity contribution in [1.82, 2.24) is 10.2 Å². The molecule has 136 valence electrons. The Morgan fingerprint density at radius 2 is 2.04 bits per heavy atom. The summed E-state index contributed by atoms with van der Waals surface area (Å²) < 4.78 is 5.67. The van der Waals surface area contributed by atoms with Crippen LogP contribution in [-0.2, 0) is 17.8 Å². The molecule has 0 aromatic heterocycles. The molecule has 3 rings (SSSR count). The molecular formula is C20H21ClN2O3. The maximum atomic E-state index is 12.5. The molecule has 0 spiro atoms. The molecule has 1 aliphatic rings. The van der Waals surface area contributed by atoms with Crippen molar-refractivity contribution in [2.24, 2.45) is 5.92 Å². The van der Waals surface area contributed by atoms with E-state index in [1.54, 1.807) is 32.3 Å². The third kappa shape index (κ3) is 4.17. The molecule has 2 aromatic carbocycles. The van der Waals surface area contributed by atoms with Crippen LogP contribution in [0.3, 0.4) is 0 Å². The largest absolute Gasteiger partial charge is 0.492 e. The van der Waals surface area contributed by atoms with Crippen molar-refractivity contribution >= 4 is 23.4 Å². The van der Waals surface area contributed by atoms with Crippen LogP contribution in [0.15, 0.2) is 42.5 Å². The third-order valence-electron chi connectivity index (χ3n) is 4.35. The van der Waals surface area contributed by atoms with Crippen molar-refractivity contribution in [1.29, 1.82) is 0 Å². The van der Waals surface area contributed by atoms with Gasteiger partial charge in [-0.3, -0.25) is 9.59 Å². The molecule has 0 saturated heterocycles. The first kappa shape index (κ1) is 18.3. The van der Waals surface area contributed by atoms with Gasteiger partial charge < -0.3 is 15.0 Å². The SMILES string of the molecule is CN(C)C(=O)c1cccc(CNC(=O)C2COc3ccc(Cl)cc3C2)c1. The predicted octanol–water partition coefficient (Wildman–Crippen LogP) is 2.91. The van der Waals surface area contributed by atoms with E-state index in [4.69, 9.17) is 16.3 Å². The van der Waals surface area contributed by atoms with Gasteiger partial charge in [0, 0.05) is 31.2 Å². The summed E-state index contributed by atoms with van der Waals surface area (Å²) in [6.07, 6.45) is 0.598. The molecular weight excluding hydrogens is 352 g/mol. The second kappa shape index (κ2) is 7.79. The van der Waals surface area contributed by atoms with Crippen molar-refractivity contribution in [2.45, 2.75) is 13.0 Å². The lowest BCUT2D eigenvalue weighted by Crippen LogP contribution is -2.37. The van der Waals surface area contributed by atoms with E-state index in [1.807, 2.05) is 24.3 Å². The van der Waals surface area contributed by atoms with Crippen LogP contribution in [0, 0.1) is 5.92 Å². The minimum absolute atomic E-state index is 0.0626. The van der Waals surface area contributed by atoms with Gasteiger partial charge in [0.25, 0.3) is 5.91 Å². The highest BCUT2D eigenvalue weighted by atomic mass is 35.5. The summed E-state index contributed by atoms with van der Waals surface area (Å²) in [5, 5.41) is 3.57. The van der Waals surface area contributed by atoms with Crippen molar-refractivity contribution in [3.8, 4) is 5.75 Å². The van der Waals surface area contributed by atoms with Gasteiger partial charge in [0.05, 0.1) is 5.92 Å². The second-order valence-corrected chi connectivity index (χ2v) is 7.02. The summed E-state index contributed by atoms with van der Waals surface area (Å²) in [7, 11) is 3.42. The van der Waals surface area contributed by atoms with Gasteiger partial charge >= 0.3 is 0 Å². The average Bonchev–Trinajstić information content (AvgIpc) is 2.65. The fourth-order valence-corrected chi connectivity index (χ4v) is 3.13. The number of halogens is 1. The summed E-state index contributed by atoms with van der Waals surface area (Å²) in [4.78, 5) is 26.1. The van der Waals surface area contributed by atoms with Crippen LogP contribution in [0.25, 0.3) is 0 Å². The van der Waals surface area contributed by atoms with Gasteiger partial charge in [-0.25, -0.2) is 0 Å². The number of hydrogen-bond acceptors (Lipinski definition) is 3. The Morgan fingerprint density at radius 3 is 2.81 bits per heavy atom. The first-order valence-corrected chi connectivity index (χ1v) is 8.81. The van der Waals surface area contributed by atoms with Crippen LogP contribution in [0.2, 0.25) is 5.02 Å². The molecule has 26 heavy (non-hydrogen) atoms. The van der Waals surface area contributed by atoms with Crippen molar-refractivity contribution < 1.29 is 14.3 Å². The molecule has 6 heteroatoms. The molecule has 1 unspecified atom stereocenters. The van der Waals surface area contributed by atoms with E-state index >= 15 is 0 Å². The Morgan fingerprint density at radius 1 is 1.23 bits per heavy atom. The molecule has 2 amide bonds. The van der Waals surface area contributed by atoms with Crippen LogP contribution in [0.4, 0.5) is 0 Å². The van der Waals surface area contributed by atoms with E-state index in [-0.39, 0.29) is 17.7 Å². The zero-order valence-corrected chi connectivity index (χ0v) is 15.5. The number of carbonyl (C=O) groups excluding carboxylic acids is 2. The second-order valence-electron chi connectivity index (χ2n) is 6.58. The van der Waals surface area contributed by atoms with Gasteiger partial charge in [-0.15, -0.1) is 0 Å².